The van der Waals surface area contributed by atoms with Gasteiger partial charge in [-0.05, 0) is 48.9 Å². The number of hydrogen-bond donors (Lipinski definition) is 3. The first kappa shape index (κ1) is 24.6. The zero-order valence-corrected chi connectivity index (χ0v) is 21.6. The van der Waals surface area contributed by atoms with Gasteiger partial charge in [-0.3, -0.25) is 9.59 Å². The Bertz CT molecular complexity index is 1400. The molecule has 182 valence electrons. The first-order chi connectivity index (χ1) is 17.6. The molecule has 0 fully saturated rings. The molecule has 36 heavy (non-hydrogen) atoms. The van der Waals surface area contributed by atoms with Crippen molar-refractivity contribution in [3.8, 4) is 10.6 Å². The fourth-order valence-electron chi connectivity index (χ4n) is 3.65. The number of nitrogens with one attached hydrogen (secondary N) is 2. The van der Waals surface area contributed by atoms with Crippen molar-refractivity contribution in [2.75, 3.05) is 17.7 Å². The van der Waals surface area contributed by atoms with Crippen LogP contribution in [0, 0.1) is 0 Å². The van der Waals surface area contributed by atoms with Crippen LogP contribution in [0.25, 0.3) is 10.6 Å². The smallest absolute Gasteiger partial charge is 0.256 e. The van der Waals surface area contributed by atoms with Crippen molar-refractivity contribution in [3.63, 3.8) is 0 Å². The van der Waals surface area contributed by atoms with Crippen LogP contribution in [0.3, 0.4) is 0 Å². The highest BCUT2D eigenvalue weighted by molar-refractivity contribution is 7.99. The average molecular weight is 534 g/mol. The number of carbonyl (C=O) groups is 2. The van der Waals surface area contributed by atoms with Crippen LogP contribution in [-0.4, -0.2) is 34.3 Å². The van der Waals surface area contributed by atoms with E-state index in [1.807, 2.05) is 36.4 Å². The van der Waals surface area contributed by atoms with Gasteiger partial charge in [0.15, 0.2) is 0 Å². The second-order valence-corrected chi connectivity index (χ2v) is 11.4. The lowest BCUT2D eigenvalue weighted by Gasteiger charge is -2.09. The van der Waals surface area contributed by atoms with Gasteiger partial charge in [-0.25, -0.2) is 4.98 Å². The minimum atomic E-state index is -0.210. The van der Waals surface area contributed by atoms with E-state index in [9.17, 15) is 9.59 Å². The molecule has 2 heterocycles. The number of rotatable bonds is 8. The summed E-state index contributed by atoms with van der Waals surface area (Å²) < 4.78 is 0. The van der Waals surface area contributed by atoms with Gasteiger partial charge in [-0.1, -0.05) is 36.0 Å². The summed E-state index contributed by atoms with van der Waals surface area (Å²) in [5.74, 6) is 0.501. The molecule has 0 radical (unpaired) electrons. The molecule has 0 atom stereocenters. The molecular formula is C27H23N3O3S3. The third kappa shape index (κ3) is 5.65. The van der Waals surface area contributed by atoms with Gasteiger partial charge in [-0.2, -0.15) is 0 Å². The summed E-state index contributed by atoms with van der Waals surface area (Å²) in [5.41, 5.74) is 2.77. The van der Waals surface area contributed by atoms with Crippen molar-refractivity contribution in [2.45, 2.75) is 27.7 Å². The first-order valence-corrected chi connectivity index (χ1v) is 14.0. The molecule has 1 aliphatic heterocycles. The Balaban J connectivity index is 1.21. The molecule has 3 N–H and O–H groups in total. The molecule has 1 aromatic heterocycles. The highest BCUT2D eigenvalue weighted by atomic mass is 32.2. The predicted octanol–water partition coefficient (Wildman–Crippen LogP) is 5.93. The molecule has 5 rings (SSSR count). The second kappa shape index (κ2) is 11.3. The van der Waals surface area contributed by atoms with Crippen molar-refractivity contribution in [3.05, 3.63) is 88.9 Å². The molecule has 3 aromatic carbocycles. The zero-order chi connectivity index (χ0) is 24.9. The van der Waals surface area contributed by atoms with Crippen molar-refractivity contribution in [2.24, 2.45) is 0 Å². The molecule has 4 aromatic rings. The number of hydrogen-bond acceptors (Lipinski definition) is 7. The summed E-state index contributed by atoms with van der Waals surface area (Å²) in [6.07, 6.45) is 2.57. The monoisotopic (exact) mass is 533 g/mol. The van der Waals surface area contributed by atoms with Gasteiger partial charge in [0, 0.05) is 49.2 Å². The lowest BCUT2D eigenvalue weighted by atomic mass is 10.1. The topological polar surface area (TPSA) is 91.3 Å². The molecule has 2 amide bonds. The number of carbonyl (C=O) groups excluding carboxylic acids is 2. The number of aromatic nitrogens is 1. The van der Waals surface area contributed by atoms with Crippen molar-refractivity contribution in [1.29, 1.82) is 0 Å². The van der Waals surface area contributed by atoms with E-state index in [0.717, 1.165) is 42.3 Å². The fraction of sp³-hybridized carbons (Fsp3) is 0.148. The van der Waals surface area contributed by atoms with Crippen LogP contribution in [0.2, 0.25) is 0 Å². The van der Waals surface area contributed by atoms with Crippen LogP contribution < -0.4 is 10.6 Å². The quantitative estimate of drug-likeness (QED) is 0.192. The number of nitrogens with zero attached hydrogens (tertiary/aromatic N) is 1. The zero-order valence-electron chi connectivity index (χ0n) is 19.2. The maximum absolute atomic E-state index is 12.8. The summed E-state index contributed by atoms with van der Waals surface area (Å²) in [6.45, 7) is 0.579. The average Bonchev–Trinajstić information content (AvgIpc) is 3.32. The van der Waals surface area contributed by atoms with E-state index in [2.05, 4.69) is 27.8 Å². The molecule has 0 aliphatic carbocycles. The van der Waals surface area contributed by atoms with Crippen LogP contribution in [0.15, 0.2) is 87.6 Å². The Labute approximate surface area is 221 Å². The normalized spacial score (nSPS) is 12.3. The third-order valence-corrected chi connectivity index (χ3v) is 8.79. The van der Waals surface area contributed by atoms with Crippen molar-refractivity contribution in [1.82, 2.24) is 10.3 Å². The van der Waals surface area contributed by atoms with E-state index < -0.39 is 0 Å². The Morgan fingerprint density at radius 2 is 1.89 bits per heavy atom. The molecule has 0 spiro atoms. The first-order valence-electron chi connectivity index (χ1n) is 11.4. The largest absolute Gasteiger partial charge is 0.396 e. The number of aliphatic hydroxyl groups is 1. The third-order valence-electron chi connectivity index (χ3n) is 5.49. The number of benzene rings is 3. The molecular weight excluding hydrogens is 511 g/mol. The van der Waals surface area contributed by atoms with Gasteiger partial charge in [0.1, 0.15) is 5.01 Å². The van der Waals surface area contributed by atoms with Crippen LogP contribution in [-0.2, 0) is 6.54 Å². The van der Waals surface area contributed by atoms with Crippen molar-refractivity contribution < 1.29 is 14.7 Å². The van der Waals surface area contributed by atoms with Crippen molar-refractivity contribution >= 4 is 52.4 Å². The second-order valence-electron chi connectivity index (χ2n) is 8.03. The van der Waals surface area contributed by atoms with E-state index >= 15 is 0 Å². The standard InChI is InChI=1S/C27H23N3O3S3/c31-12-3-13-34-19-9-6-17(7-10-19)27-29-16-20(35-27)15-28-25(32)18-8-11-24-22(14-18)30-26(33)21-4-1-2-5-23(21)36-24/h1-2,4-11,14,16,31H,3,12-13,15H2,(H,28,32)(H,30,33). The minimum Gasteiger partial charge on any atom is -0.396 e. The van der Waals surface area contributed by atoms with Gasteiger partial charge in [-0.15, -0.1) is 23.1 Å². The Morgan fingerprint density at radius 1 is 1.06 bits per heavy atom. The predicted molar refractivity (Wildman–Crippen MR) is 146 cm³/mol. The Hall–Kier alpha value is -3.11. The molecule has 1 aliphatic rings. The fourth-order valence-corrected chi connectivity index (χ4v) is 6.36. The number of thioether (sulfide) groups is 1. The van der Waals surface area contributed by atoms with Gasteiger partial charge in [0.2, 0.25) is 0 Å². The highest BCUT2D eigenvalue weighted by Gasteiger charge is 2.20. The summed E-state index contributed by atoms with van der Waals surface area (Å²) in [4.78, 5) is 33.9. The number of anilines is 1. The lowest BCUT2D eigenvalue weighted by Crippen LogP contribution is -2.22. The molecule has 0 saturated carbocycles. The van der Waals surface area contributed by atoms with Gasteiger partial charge >= 0.3 is 0 Å². The summed E-state index contributed by atoms with van der Waals surface area (Å²) in [6, 6.07) is 21.1. The van der Waals surface area contributed by atoms with E-state index in [1.54, 1.807) is 47.5 Å². The van der Waals surface area contributed by atoms with Gasteiger partial charge < -0.3 is 15.7 Å². The number of fused-ring (bicyclic) bond motifs is 2. The molecule has 6 nitrogen and oxygen atoms in total. The van der Waals surface area contributed by atoms with Gasteiger partial charge in [0.05, 0.1) is 17.8 Å². The Kier molecular flexibility index (Phi) is 7.72. The maximum Gasteiger partial charge on any atom is 0.256 e. The highest BCUT2D eigenvalue weighted by Crippen LogP contribution is 2.39. The minimum absolute atomic E-state index is 0.177. The summed E-state index contributed by atoms with van der Waals surface area (Å²) in [7, 11) is 0. The molecule has 0 bridgehead atoms. The summed E-state index contributed by atoms with van der Waals surface area (Å²) >= 11 is 4.78. The lowest BCUT2D eigenvalue weighted by molar-refractivity contribution is 0.0949. The molecule has 0 unspecified atom stereocenters. The maximum atomic E-state index is 12.8. The molecule has 9 heteroatoms. The number of aliphatic hydroxyl groups excluding tert-OH is 1. The van der Waals surface area contributed by atoms with E-state index in [1.165, 1.54) is 11.8 Å². The van der Waals surface area contributed by atoms with Crippen LogP contribution >= 0.6 is 34.9 Å². The van der Waals surface area contributed by atoms with E-state index in [-0.39, 0.29) is 18.4 Å². The van der Waals surface area contributed by atoms with E-state index in [4.69, 9.17) is 5.11 Å². The van der Waals surface area contributed by atoms with Crippen LogP contribution in [0.4, 0.5) is 5.69 Å². The number of thiazole rings is 1. The van der Waals surface area contributed by atoms with Gasteiger partial charge in [0.25, 0.3) is 11.8 Å². The van der Waals surface area contributed by atoms with E-state index in [0.29, 0.717) is 23.4 Å². The van der Waals surface area contributed by atoms with Crippen LogP contribution in [0.5, 0.6) is 0 Å². The summed E-state index contributed by atoms with van der Waals surface area (Å²) in [5, 5.41) is 15.7. The number of amides is 2. The molecule has 0 saturated heterocycles. The van der Waals surface area contributed by atoms with Crippen LogP contribution in [0.1, 0.15) is 32.0 Å². The SMILES string of the molecule is O=C(NCc1cnc(-c2ccc(SCCCO)cc2)s1)c1ccc2c(c1)NC(=O)c1ccccc1S2. The Morgan fingerprint density at radius 3 is 2.72 bits per heavy atom.